The van der Waals surface area contributed by atoms with Gasteiger partial charge in [-0.15, -0.1) is 11.8 Å². The summed E-state index contributed by atoms with van der Waals surface area (Å²) in [5, 5.41) is 12.5. The molecule has 2 nitrogen and oxygen atoms in total. The number of nitriles is 1. The van der Waals surface area contributed by atoms with E-state index in [0.717, 1.165) is 22.7 Å². The van der Waals surface area contributed by atoms with Crippen LogP contribution in [0.4, 0.5) is 5.69 Å². The maximum absolute atomic E-state index is 9.16. The number of benzene rings is 1. The quantitative estimate of drug-likeness (QED) is 0.809. The van der Waals surface area contributed by atoms with Crippen molar-refractivity contribution in [1.82, 2.24) is 0 Å². The van der Waals surface area contributed by atoms with Crippen molar-refractivity contribution in [3.63, 3.8) is 0 Å². The van der Waals surface area contributed by atoms with E-state index in [1.54, 1.807) is 11.8 Å². The molecule has 1 aromatic carbocycles. The van der Waals surface area contributed by atoms with Crippen LogP contribution in [0.15, 0.2) is 23.1 Å². The molecule has 0 atom stereocenters. The smallest absolute Gasteiger partial charge is 0.102 e. The Morgan fingerprint density at radius 2 is 2.06 bits per heavy atom. The van der Waals surface area contributed by atoms with Crippen LogP contribution in [0.25, 0.3) is 0 Å². The molecule has 0 aliphatic rings. The second-order valence-corrected chi connectivity index (χ2v) is 5.76. The topological polar surface area (TPSA) is 35.8 Å². The molecular formula is C13H18N2S. The van der Waals surface area contributed by atoms with Crippen molar-refractivity contribution in [2.45, 2.75) is 25.7 Å². The number of nitrogens with zero attached hydrogens (tertiary/aromatic N) is 1. The fourth-order valence-corrected chi connectivity index (χ4v) is 1.90. The lowest BCUT2D eigenvalue weighted by Crippen LogP contribution is -2.19. The van der Waals surface area contributed by atoms with Crippen LogP contribution < -0.4 is 5.32 Å². The van der Waals surface area contributed by atoms with Gasteiger partial charge in [0.25, 0.3) is 0 Å². The van der Waals surface area contributed by atoms with Crippen molar-refractivity contribution < 1.29 is 0 Å². The summed E-state index contributed by atoms with van der Waals surface area (Å²) in [5.74, 6) is 0. The average Bonchev–Trinajstić information content (AvgIpc) is 2.24. The zero-order chi connectivity index (χ0) is 12.2. The van der Waals surface area contributed by atoms with Crippen molar-refractivity contribution >= 4 is 17.4 Å². The summed E-state index contributed by atoms with van der Waals surface area (Å²) in [6.45, 7) is 7.37. The minimum Gasteiger partial charge on any atom is -0.383 e. The van der Waals surface area contributed by atoms with Crippen LogP contribution in [-0.2, 0) is 0 Å². The first-order valence-electron chi connectivity index (χ1n) is 5.29. The Bertz CT molecular complexity index is 399. The molecule has 0 bridgehead atoms. The van der Waals surface area contributed by atoms with E-state index in [1.807, 2.05) is 24.5 Å². The van der Waals surface area contributed by atoms with Gasteiger partial charge in [0.15, 0.2) is 0 Å². The Kier molecular flexibility index (Phi) is 4.26. The Morgan fingerprint density at radius 3 is 2.56 bits per heavy atom. The van der Waals surface area contributed by atoms with Crippen LogP contribution in [0.2, 0.25) is 0 Å². The average molecular weight is 234 g/mol. The summed E-state index contributed by atoms with van der Waals surface area (Å²) in [6, 6.07) is 8.19. The van der Waals surface area contributed by atoms with Gasteiger partial charge in [-0.05, 0) is 23.8 Å². The van der Waals surface area contributed by atoms with Crippen LogP contribution >= 0.6 is 11.8 Å². The number of nitrogens with one attached hydrogen (secondary N) is 1. The molecule has 0 aliphatic heterocycles. The fourth-order valence-electron chi connectivity index (χ4n) is 1.32. The summed E-state index contributed by atoms with van der Waals surface area (Å²) in [7, 11) is 0. The molecule has 0 heterocycles. The van der Waals surface area contributed by atoms with Crippen LogP contribution in [0.3, 0.4) is 0 Å². The predicted molar refractivity (Wildman–Crippen MR) is 70.9 cm³/mol. The third-order valence-electron chi connectivity index (χ3n) is 2.17. The van der Waals surface area contributed by atoms with Gasteiger partial charge in [-0.1, -0.05) is 26.8 Å². The van der Waals surface area contributed by atoms with E-state index < -0.39 is 0 Å². The maximum Gasteiger partial charge on any atom is 0.102 e. The molecule has 0 unspecified atom stereocenters. The molecule has 16 heavy (non-hydrogen) atoms. The normalized spacial score (nSPS) is 10.9. The first-order valence-corrected chi connectivity index (χ1v) is 6.51. The molecular weight excluding hydrogens is 216 g/mol. The lowest BCUT2D eigenvalue weighted by molar-refractivity contribution is 0.443. The summed E-state index contributed by atoms with van der Waals surface area (Å²) < 4.78 is 0. The van der Waals surface area contributed by atoms with Gasteiger partial charge in [0.2, 0.25) is 0 Å². The van der Waals surface area contributed by atoms with Gasteiger partial charge in [0, 0.05) is 11.4 Å². The largest absolute Gasteiger partial charge is 0.383 e. The van der Waals surface area contributed by atoms with Gasteiger partial charge in [-0.2, -0.15) is 5.26 Å². The van der Waals surface area contributed by atoms with E-state index in [2.05, 4.69) is 32.2 Å². The van der Waals surface area contributed by atoms with Crippen molar-refractivity contribution in [3.8, 4) is 6.07 Å². The standard InChI is InChI=1S/C13H18N2S/c1-13(2,3)9-15-11-6-5-7-12(16-4)10(11)8-14/h5-7,15H,9H2,1-4H3. The predicted octanol–water partition coefficient (Wildman–Crippen LogP) is 3.74. The Morgan fingerprint density at radius 1 is 1.38 bits per heavy atom. The van der Waals surface area contributed by atoms with Crippen LogP contribution in [0.1, 0.15) is 26.3 Å². The summed E-state index contributed by atoms with van der Waals surface area (Å²) in [4.78, 5) is 1.03. The molecule has 0 amide bonds. The van der Waals surface area contributed by atoms with Gasteiger partial charge in [0.1, 0.15) is 6.07 Å². The third kappa shape index (κ3) is 3.46. The molecule has 0 fully saturated rings. The van der Waals surface area contributed by atoms with Gasteiger partial charge >= 0.3 is 0 Å². The highest BCUT2D eigenvalue weighted by Gasteiger charge is 2.12. The summed E-state index contributed by atoms with van der Waals surface area (Å²) in [6.07, 6.45) is 1.99. The van der Waals surface area contributed by atoms with E-state index in [0.29, 0.717) is 0 Å². The van der Waals surface area contributed by atoms with E-state index in [-0.39, 0.29) is 5.41 Å². The number of rotatable bonds is 3. The van der Waals surface area contributed by atoms with Crippen LogP contribution in [-0.4, -0.2) is 12.8 Å². The second-order valence-electron chi connectivity index (χ2n) is 4.91. The molecule has 0 saturated heterocycles. The summed E-state index contributed by atoms with van der Waals surface area (Å²) in [5.41, 5.74) is 1.89. The zero-order valence-electron chi connectivity index (χ0n) is 10.3. The van der Waals surface area contributed by atoms with Crippen molar-refractivity contribution in [2.24, 2.45) is 5.41 Å². The molecule has 0 radical (unpaired) electrons. The van der Waals surface area contributed by atoms with Crippen LogP contribution in [0, 0.1) is 16.7 Å². The monoisotopic (exact) mass is 234 g/mol. The van der Waals surface area contributed by atoms with Crippen molar-refractivity contribution in [1.29, 1.82) is 5.26 Å². The number of anilines is 1. The van der Waals surface area contributed by atoms with E-state index in [1.165, 1.54) is 0 Å². The van der Waals surface area contributed by atoms with E-state index in [9.17, 15) is 0 Å². The molecule has 0 saturated carbocycles. The molecule has 1 rings (SSSR count). The van der Waals surface area contributed by atoms with E-state index >= 15 is 0 Å². The second kappa shape index (κ2) is 5.27. The Hall–Kier alpha value is -1.14. The van der Waals surface area contributed by atoms with E-state index in [4.69, 9.17) is 5.26 Å². The molecule has 1 aromatic rings. The zero-order valence-corrected chi connectivity index (χ0v) is 11.1. The molecule has 0 spiro atoms. The lowest BCUT2D eigenvalue weighted by atomic mass is 9.97. The fraction of sp³-hybridized carbons (Fsp3) is 0.462. The first-order chi connectivity index (χ1) is 7.48. The van der Waals surface area contributed by atoms with Gasteiger partial charge in [-0.3, -0.25) is 0 Å². The highest BCUT2D eigenvalue weighted by atomic mass is 32.2. The molecule has 1 N–H and O–H groups in total. The highest BCUT2D eigenvalue weighted by Crippen LogP contribution is 2.27. The summed E-state index contributed by atoms with van der Waals surface area (Å²) >= 11 is 1.61. The van der Waals surface area contributed by atoms with Gasteiger partial charge in [0.05, 0.1) is 11.3 Å². The molecule has 3 heteroatoms. The Labute approximate surface area is 102 Å². The van der Waals surface area contributed by atoms with Crippen molar-refractivity contribution in [2.75, 3.05) is 18.1 Å². The number of hydrogen-bond donors (Lipinski definition) is 1. The number of thioether (sulfide) groups is 1. The van der Waals surface area contributed by atoms with Gasteiger partial charge < -0.3 is 5.32 Å². The maximum atomic E-state index is 9.16. The van der Waals surface area contributed by atoms with Crippen LogP contribution in [0.5, 0.6) is 0 Å². The molecule has 86 valence electrons. The Balaban J connectivity index is 2.93. The minimum absolute atomic E-state index is 0.210. The number of hydrogen-bond acceptors (Lipinski definition) is 3. The SMILES string of the molecule is CSc1cccc(NCC(C)(C)C)c1C#N. The molecule has 0 aromatic heterocycles. The minimum atomic E-state index is 0.210. The van der Waals surface area contributed by atoms with Crippen molar-refractivity contribution in [3.05, 3.63) is 23.8 Å². The third-order valence-corrected chi connectivity index (χ3v) is 2.95. The van der Waals surface area contributed by atoms with Gasteiger partial charge in [-0.25, -0.2) is 0 Å². The highest BCUT2D eigenvalue weighted by molar-refractivity contribution is 7.98. The molecule has 0 aliphatic carbocycles. The lowest BCUT2D eigenvalue weighted by Gasteiger charge is -2.20. The first kappa shape index (κ1) is 12.9.